The minimum atomic E-state index is -0.796. The summed E-state index contributed by atoms with van der Waals surface area (Å²) >= 11 is 12.0. The van der Waals surface area contributed by atoms with Gasteiger partial charge in [-0.05, 0) is 62.4 Å². The van der Waals surface area contributed by atoms with Gasteiger partial charge in [0.05, 0.1) is 5.60 Å². The quantitative estimate of drug-likeness (QED) is 0.686. The number of urea groups is 1. The summed E-state index contributed by atoms with van der Waals surface area (Å²) in [6, 6.07) is 11.3. The van der Waals surface area contributed by atoms with Gasteiger partial charge in [-0.15, -0.1) is 0 Å². The predicted octanol–water partition coefficient (Wildman–Crippen LogP) is 5.11. The van der Waals surface area contributed by atoms with Crippen molar-refractivity contribution in [2.24, 2.45) is 0 Å². The lowest BCUT2D eigenvalue weighted by molar-refractivity contribution is -0.00464. The number of carbonyl (C=O) groups is 1. The van der Waals surface area contributed by atoms with Gasteiger partial charge in [0, 0.05) is 47.6 Å². The summed E-state index contributed by atoms with van der Waals surface area (Å²) in [4.78, 5) is 16.7. The molecule has 2 aromatic carbocycles. The fraction of sp³-hybridized carbons (Fsp3) is 0.435. The molecule has 1 saturated heterocycles. The van der Waals surface area contributed by atoms with Crippen LogP contribution in [0.1, 0.15) is 30.4 Å². The number of nitrogens with one attached hydrogen (secondary N) is 1. The summed E-state index contributed by atoms with van der Waals surface area (Å²) in [5.41, 5.74) is 3.64. The molecule has 0 aliphatic carbocycles. The molecule has 4 rings (SSSR count). The maximum atomic E-state index is 12.6. The van der Waals surface area contributed by atoms with Crippen molar-refractivity contribution in [3.63, 3.8) is 0 Å². The van der Waals surface area contributed by atoms with Gasteiger partial charge in [0.25, 0.3) is 0 Å². The molecule has 0 aromatic heterocycles. The van der Waals surface area contributed by atoms with Gasteiger partial charge in [-0.2, -0.15) is 0 Å². The molecule has 2 amide bonds. The standard InChI is InChI=1S/C23H27Cl2N3O2/c1-16-4-5-21-17(11-16)3-2-8-28(21)15-23(30)6-9-27(10-7-23)22(29)26-20-13-18(24)12-19(25)14-20/h4-5,11-14,30H,2-3,6-10,15H2,1H3,(H,26,29). The van der Waals surface area contributed by atoms with Gasteiger partial charge in [0.1, 0.15) is 0 Å². The lowest BCUT2D eigenvalue weighted by Crippen LogP contribution is -2.53. The van der Waals surface area contributed by atoms with Gasteiger partial charge < -0.3 is 20.2 Å². The van der Waals surface area contributed by atoms with Crippen LogP contribution in [-0.4, -0.2) is 47.8 Å². The Morgan fingerprint density at radius 1 is 1.10 bits per heavy atom. The maximum Gasteiger partial charge on any atom is 0.321 e. The third-order valence-corrected chi connectivity index (χ3v) is 6.47. The molecule has 5 nitrogen and oxygen atoms in total. The lowest BCUT2D eigenvalue weighted by Gasteiger charge is -2.43. The second kappa shape index (κ2) is 8.66. The van der Waals surface area contributed by atoms with E-state index in [2.05, 4.69) is 35.3 Å². The molecule has 0 spiro atoms. The van der Waals surface area contributed by atoms with Crippen molar-refractivity contribution in [3.05, 3.63) is 57.6 Å². The Labute approximate surface area is 187 Å². The highest BCUT2D eigenvalue weighted by atomic mass is 35.5. The molecule has 0 saturated carbocycles. The number of benzene rings is 2. The normalized spacial score (nSPS) is 18.1. The van der Waals surface area contributed by atoms with Crippen LogP contribution in [-0.2, 0) is 6.42 Å². The number of aliphatic hydroxyl groups is 1. The molecular formula is C23H27Cl2N3O2. The second-order valence-electron chi connectivity index (χ2n) is 8.46. The van der Waals surface area contributed by atoms with Crippen molar-refractivity contribution >= 4 is 40.6 Å². The number of likely N-dealkylation sites (tertiary alicyclic amines) is 1. The monoisotopic (exact) mass is 447 g/mol. The smallest absolute Gasteiger partial charge is 0.321 e. The Bertz CT molecular complexity index is 922. The number of β-amino-alcohol motifs (C(OH)–C–C–N with tert-alkyl or cyclic N) is 1. The van der Waals surface area contributed by atoms with Crippen molar-refractivity contribution < 1.29 is 9.90 Å². The van der Waals surface area contributed by atoms with Gasteiger partial charge >= 0.3 is 6.03 Å². The molecule has 2 heterocycles. The fourth-order valence-corrected chi connectivity index (χ4v) is 4.96. The van der Waals surface area contributed by atoms with Gasteiger partial charge in [-0.1, -0.05) is 40.9 Å². The van der Waals surface area contributed by atoms with Crippen LogP contribution in [0, 0.1) is 6.92 Å². The zero-order chi connectivity index (χ0) is 21.3. The third-order valence-electron chi connectivity index (χ3n) is 6.03. The van der Waals surface area contributed by atoms with Crippen LogP contribution in [0.4, 0.5) is 16.2 Å². The van der Waals surface area contributed by atoms with Gasteiger partial charge in [-0.25, -0.2) is 4.79 Å². The first-order valence-electron chi connectivity index (χ1n) is 10.4. The topological polar surface area (TPSA) is 55.8 Å². The summed E-state index contributed by atoms with van der Waals surface area (Å²) in [6.07, 6.45) is 3.29. The second-order valence-corrected chi connectivity index (χ2v) is 9.33. The zero-order valence-electron chi connectivity index (χ0n) is 17.1. The Balaban J connectivity index is 1.36. The van der Waals surface area contributed by atoms with E-state index in [-0.39, 0.29) is 6.03 Å². The van der Waals surface area contributed by atoms with E-state index in [0.717, 1.165) is 19.4 Å². The van der Waals surface area contributed by atoms with E-state index >= 15 is 0 Å². The van der Waals surface area contributed by atoms with E-state index in [0.29, 0.717) is 48.2 Å². The first-order valence-corrected chi connectivity index (χ1v) is 11.2. The third kappa shape index (κ3) is 4.85. The van der Waals surface area contributed by atoms with Crippen molar-refractivity contribution in [2.75, 3.05) is 36.4 Å². The number of halogens is 2. The highest BCUT2D eigenvalue weighted by Crippen LogP contribution is 2.32. The molecule has 2 N–H and O–H groups in total. The predicted molar refractivity (Wildman–Crippen MR) is 123 cm³/mol. The van der Waals surface area contributed by atoms with E-state index in [1.165, 1.54) is 16.8 Å². The number of anilines is 2. The number of piperidine rings is 1. The molecule has 2 aromatic rings. The van der Waals surface area contributed by atoms with Crippen molar-refractivity contribution in [1.82, 2.24) is 4.90 Å². The zero-order valence-corrected chi connectivity index (χ0v) is 18.6. The van der Waals surface area contributed by atoms with Gasteiger partial charge in [0.15, 0.2) is 0 Å². The molecule has 30 heavy (non-hydrogen) atoms. The highest BCUT2D eigenvalue weighted by molar-refractivity contribution is 6.35. The SMILES string of the molecule is Cc1ccc2c(c1)CCCN2CC1(O)CCN(C(=O)Nc2cc(Cl)cc(Cl)c2)CC1. The van der Waals surface area contributed by atoms with Crippen LogP contribution in [0.25, 0.3) is 0 Å². The Morgan fingerprint density at radius 3 is 2.50 bits per heavy atom. The number of hydrogen-bond acceptors (Lipinski definition) is 3. The number of amides is 2. The van der Waals surface area contributed by atoms with E-state index < -0.39 is 5.60 Å². The molecular weight excluding hydrogens is 421 g/mol. The lowest BCUT2D eigenvalue weighted by atomic mass is 9.89. The minimum absolute atomic E-state index is 0.200. The largest absolute Gasteiger partial charge is 0.388 e. The summed E-state index contributed by atoms with van der Waals surface area (Å²) in [5, 5.41) is 15.0. The molecule has 0 unspecified atom stereocenters. The van der Waals surface area contributed by atoms with Crippen LogP contribution >= 0.6 is 23.2 Å². The van der Waals surface area contributed by atoms with E-state index in [1.54, 1.807) is 23.1 Å². The van der Waals surface area contributed by atoms with Crippen LogP contribution in [0.3, 0.4) is 0 Å². The van der Waals surface area contributed by atoms with E-state index in [1.807, 2.05) is 0 Å². The average molecular weight is 448 g/mol. The van der Waals surface area contributed by atoms with Crippen LogP contribution in [0.5, 0.6) is 0 Å². The molecule has 7 heteroatoms. The van der Waals surface area contributed by atoms with Gasteiger partial charge in [0.2, 0.25) is 0 Å². The Hall–Kier alpha value is -1.95. The van der Waals surface area contributed by atoms with Crippen LogP contribution in [0.2, 0.25) is 10.0 Å². The van der Waals surface area contributed by atoms with Gasteiger partial charge in [-0.3, -0.25) is 0 Å². The number of aryl methyl sites for hydroxylation is 2. The Morgan fingerprint density at radius 2 is 1.80 bits per heavy atom. The summed E-state index contributed by atoms with van der Waals surface area (Å²) in [7, 11) is 0. The summed E-state index contributed by atoms with van der Waals surface area (Å²) in [5.74, 6) is 0. The molecule has 2 aliphatic rings. The first-order chi connectivity index (χ1) is 14.3. The maximum absolute atomic E-state index is 12.6. The number of hydrogen-bond donors (Lipinski definition) is 2. The number of nitrogens with zero attached hydrogens (tertiary/aromatic N) is 2. The molecule has 0 atom stereocenters. The molecule has 160 valence electrons. The Kier molecular flexibility index (Phi) is 6.14. The van der Waals surface area contributed by atoms with Crippen LogP contribution in [0.15, 0.2) is 36.4 Å². The fourth-order valence-electron chi connectivity index (χ4n) is 4.44. The molecule has 0 radical (unpaired) electrons. The first kappa shape index (κ1) is 21.3. The van der Waals surface area contributed by atoms with E-state index in [4.69, 9.17) is 23.2 Å². The van der Waals surface area contributed by atoms with Crippen molar-refractivity contribution in [1.29, 1.82) is 0 Å². The number of fused-ring (bicyclic) bond motifs is 1. The average Bonchev–Trinajstić information content (AvgIpc) is 2.67. The summed E-state index contributed by atoms with van der Waals surface area (Å²) < 4.78 is 0. The van der Waals surface area contributed by atoms with Crippen molar-refractivity contribution in [3.8, 4) is 0 Å². The molecule has 1 fully saturated rings. The number of rotatable bonds is 3. The number of carbonyl (C=O) groups excluding carboxylic acids is 1. The van der Waals surface area contributed by atoms with E-state index in [9.17, 15) is 9.90 Å². The van der Waals surface area contributed by atoms with Crippen LogP contribution < -0.4 is 10.2 Å². The molecule has 0 bridgehead atoms. The van der Waals surface area contributed by atoms with Crippen molar-refractivity contribution in [2.45, 2.75) is 38.2 Å². The summed E-state index contributed by atoms with van der Waals surface area (Å²) in [6.45, 7) is 4.68. The molecule has 2 aliphatic heterocycles. The highest BCUT2D eigenvalue weighted by Gasteiger charge is 2.36. The minimum Gasteiger partial charge on any atom is -0.388 e.